The van der Waals surface area contributed by atoms with Gasteiger partial charge in [0, 0.05) is 26.1 Å². The van der Waals surface area contributed by atoms with E-state index >= 15 is 0 Å². The van der Waals surface area contributed by atoms with Crippen LogP contribution in [0.3, 0.4) is 0 Å². The van der Waals surface area contributed by atoms with Crippen LogP contribution < -0.4 is 5.73 Å². The molecule has 0 saturated carbocycles. The first-order valence-electron chi connectivity index (χ1n) is 7.48. The van der Waals surface area contributed by atoms with Crippen LogP contribution in [0.1, 0.15) is 65.7 Å². The van der Waals surface area contributed by atoms with E-state index in [2.05, 4.69) is 20.8 Å². The Kier molecular flexibility index (Phi) is 10.0. The van der Waals surface area contributed by atoms with Gasteiger partial charge in [0.05, 0.1) is 0 Å². The average Bonchev–Trinajstić information content (AvgIpc) is 2.34. The zero-order chi connectivity index (χ0) is 14.0. The van der Waals surface area contributed by atoms with Crippen LogP contribution in [0.4, 0.5) is 0 Å². The van der Waals surface area contributed by atoms with Crippen molar-refractivity contribution in [1.82, 2.24) is 4.90 Å². The maximum Gasteiger partial charge on any atom is 0.222 e. The molecule has 2 N–H and O–H groups in total. The van der Waals surface area contributed by atoms with E-state index in [9.17, 15) is 4.79 Å². The SMILES string of the molecule is CCCCCCCC(=O)N(C)CCC(N)C(C)C. The highest BCUT2D eigenvalue weighted by molar-refractivity contribution is 5.75. The summed E-state index contributed by atoms with van der Waals surface area (Å²) >= 11 is 0. The second kappa shape index (κ2) is 10.4. The summed E-state index contributed by atoms with van der Waals surface area (Å²) in [6, 6.07) is 0.199. The molecule has 1 amide bonds. The average molecular weight is 256 g/mol. The van der Waals surface area contributed by atoms with Crippen LogP contribution in [0, 0.1) is 5.92 Å². The minimum atomic E-state index is 0.199. The second-order valence-corrected chi connectivity index (χ2v) is 5.68. The van der Waals surface area contributed by atoms with E-state index in [-0.39, 0.29) is 11.9 Å². The van der Waals surface area contributed by atoms with Gasteiger partial charge in [-0.15, -0.1) is 0 Å². The molecule has 0 aliphatic heterocycles. The number of unbranched alkanes of at least 4 members (excludes halogenated alkanes) is 4. The number of hydrogen-bond donors (Lipinski definition) is 1. The fourth-order valence-corrected chi connectivity index (χ4v) is 1.87. The molecule has 0 aliphatic rings. The monoisotopic (exact) mass is 256 g/mol. The molecule has 3 heteroatoms. The van der Waals surface area contributed by atoms with Crippen molar-refractivity contribution in [3.05, 3.63) is 0 Å². The summed E-state index contributed by atoms with van der Waals surface area (Å²) in [6.07, 6.45) is 7.59. The number of nitrogens with zero attached hydrogens (tertiary/aromatic N) is 1. The zero-order valence-electron chi connectivity index (χ0n) is 12.7. The third kappa shape index (κ3) is 8.51. The van der Waals surface area contributed by atoms with Gasteiger partial charge in [0.15, 0.2) is 0 Å². The van der Waals surface area contributed by atoms with Gasteiger partial charge in [-0.3, -0.25) is 4.79 Å². The fourth-order valence-electron chi connectivity index (χ4n) is 1.87. The van der Waals surface area contributed by atoms with Gasteiger partial charge >= 0.3 is 0 Å². The molecule has 0 heterocycles. The van der Waals surface area contributed by atoms with E-state index in [1.54, 1.807) is 0 Å². The lowest BCUT2D eigenvalue weighted by atomic mass is 10.0. The summed E-state index contributed by atoms with van der Waals surface area (Å²) in [4.78, 5) is 13.7. The van der Waals surface area contributed by atoms with E-state index in [0.717, 1.165) is 19.4 Å². The molecule has 0 rings (SSSR count). The van der Waals surface area contributed by atoms with Gasteiger partial charge in [-0.25, -0.2) is 0 Å². The Balaban J connectivity index is 3.63. The maximum absolute atomic E-state index is 11.8. The molecule has 0 aromatic rings. The summed E-state index contributed by atoms with van der Waals surface area (Å²) in [5, 5.41) is 0. The van der Waals surface area contributed by atoms with Crippen LogP contribution in [0.2, 0.25) is 0 Å². The molecule has 18 heavy (non-hydrogen) atoms. The normalized spacial score (nSPS) is 12.8. The molecule has 1 atom stereocenters. The van der Waals surface area contributed by atoms with Crippen molar-refractivity contribution in [2.45, 2.75) is 71.8 Å². The minimum absolute atomic E-state index is 0.199. The van der Waals surface area contributed by atoms with Crippen molar-refractivity contribution >= 4 is 5.91 Å². The molecule has 0 saturated heterocycles. The number of carbonyl (C=O) groups excluding carboxylic acids is 1. The summed E-state index contributed by atoms with van der Waals surface area (Å²) in [7, 11) is 1.89. The van der Waals surface area contributed by atoms with Crippen molar-refractivity contribution in [3.8, 4) is 0 Å². The highest BCUT2D eigenvalue weighted by atomic mass is 16.2. The molecule has 0 bridgehead atoms. The number of nitrogens with two attached hydrogens (primary N) is 1. The van der Waals surface area contributed by atoms with E-state index in [0.29, 0.717) is 12.3 Å². The summed E-state index contributed by atoms with van der Waals surface area (Å²) < 4.78 is 0. The summed E-state index contributed by atoms with van der Waals surface area (Å²) in [5.74, 6) is 0.755. The van der Waals surface area contributed by atoms with Gasteiger partial charge in [0.2, 0.25) is 5.91 Å². The van der Waals surface area contributed by atoms with E-state index in [1.165, 1.54) is 25.7 Å². The van der Waals surface area contributed by atoms with Gasteiger partial charge in [0.25, 0.3) is 0 Å². The van der Waals surface area contributed by atoms with E-state index < -0.39 is 0 Å². The molecule has 0 fully saturated rings. The molecule has 108 valence electrons. The van der Waals surface area contributed by atoms with Gasteiger partial charge < -0.3 is 10.6 Å². The van der Waals surface area contributed by atoms with Crippen LogP contribution in [-0.2, 0) is 4.79 Å². The van der Waals surface area contributed by atoms with Crippen LogP contribution in [0.15, 0.2) is 0 Å². The largest absolute Gasteiger partial charge is 0.346 e. The molecule has 0 aromatic heterocycles. The highest BCUT2D eigenvalue weighted by Gasteiger charge is 2.12. The fraction of sp³-hybridized carbons (Fsp3) is 0.933. The van der Waals surface area contributed by atoms with Crippen molar-refractivity contribution < 1.29 is 4.79 Å². The summed E-state index contributed by atoms with van der Waals surface area (Å²) in [5.41, 5.74) is 5.98. The molecule has 0 spiro atoms. The van der Waals surface area contributed by atoms with Crippen LogP contribution in [0.5, 0.6) is 0 Å². The smallest absolute Gasteiger partial charge is 0.222 e. The quantitative estimate of drug-likeness (QED) is 0.610. The van der Waals surface area contributed by atoms with E-state index in [1.807, 2.05) is 11.9 Å². The van der Waals surface area contributed by atoms with Crippen molar-refractivity contribution in [1.29, 1.82) is 0 Å². The first kappa shape index (κ1) is 17.4. The van der Waals surface area contributed by atoms with Crippen LogP contribution >= 0.6 is 0 Å². The van der Waals surface area contributed by atoms with Gasteiger partial charge in [-0.2, -0.15) is 0 Å². The van der Waals surface area contributed by atoms with Crippen LogP contribution in [0.25, 0.3) is 0 Å². The van der Waals surface area contributed by atoms with Gasteiger partial charge in [0.1, 0.15) is 0 Å². The van der Waals surface area contributed by atoms with Crippen molar-refractivity contribution in [2.24, 2.45) is 11.7 Å². The minimum Gasteiger partial charge on any atom is -0.346 e. The lowest BCUT2D eigenvalue weighted by Crippen LogP contribution is -2.34. The second-order valence-electron chi connectivity index (χ2n) is 5.68. The standard InChI is InChI=1S/C15H32N2O/c1-5-6-7-8-9-10-15(18)17(4)12-11-14(16)13(2)3/h13-14H,5-12,16H2,1-4H3. The molecular formula is C15H32N2O. The number of carbonyl (C=O) groups is 1. The van der Waals surface area contributed by atoms with Crippen molar-refractivity contribution in [3.63, 3.8) is 0 Å². The first-order chi connectivity index (χ1) is 8.49. The third-order valence-corrected chi connectivity index (χ3v) is 3.57. The summed E-state index contributed by atoms with van der Waals surface area (Å²) in [6.45, 7) is 7.24. The Bertz CT molecular complexity index is 217. The number of rotatable bonds is 10. The van der Waals surface area contributed by atoms with Crippen molar-refractivity contribution in [2.75, 3.05) is 13.6 Å². The lowest BCUT2D eigenvalue weighted by Gasteiger charge is -2.21. The third-order valence-electron chi connectivity index (χ3n) is 3.57. The maximum atomic E-state index is 11.8. The Morgan fingerprint density at radius 2 is 1.78 bits per heavy atom. The van der Waals surface area contributed by atoms with Gasteiger partial charge in [-0.05, 0) is 18.8 Å². The highest BCUT2D eigenvalue weighted by Crippen LogP contribution is 2.08. The number of hydrogen-bond acceptors (Lipinski definition) is 2. The van der Waals surface area contributed by atoms with E-state index in [4.69, 9.17) is 5.73 Å². The molecule has 0 aliphatic carbocycles. The molecule has 3 nitrogen and oxygen atoms in total. The Hall–Kier alpha value is -0.570. The predicted octanol–water partition coefficient (Wildman–Crippen LogP) is 3.18. The lowest BCUT2D eigenvalue weighted by molar-refractivity contribution is -0.130. The topological polar surface area (TPSA) is 46.3 Å². The molecule has 0 aromatic carbocycles. The first-order valence-corrected chi connectivity index (χ1v) is 7.48. The molecule has 0 radical (unpaired) electrons. The molecular weight excluding hydrogens is 224 g/mol. The predicted molar refractivity (Wildman–Crippen MR) is 78.4 cm³/mol. The Labute approximate surface area is 113 Å². The Morgan fingerprint density at radius 1 is 1.17 bits per heavy atom. The number of amides is 1. The molecule has 1 unspecified atom stereocenters. The van der Waals surface area contributed by atoms with Gasteiger partial charge in [-0.1, -0.05) is 46.5 Å². The van der Waals surface area contributed by atoms with Crippen LogP contribution in [-0.4, -0.2) is 30.4 Å². The zero-order valence-corrected chi connectivity index (χ0v) is 12.7. The Morgan fingerprint density at radius 3 is 2.33 bits per heavy atom.